The third kappa shape index (κ3) is 2.43. The molecule has 0 saturated carbocycles. The van der Waals surface area contributed by atoms with Crippen molar-refractivity contribution in [2.24, 2.45) is 0 Å². The van der Waals surface area contributed by atoms with Crippen LogP contribution in [0, 0.1) is 0 Å². The van der Waals surface area contributed by atoms with Crippen LogP contribution in [0.5, 0.6) is 0 Å². The number of piperazine rings is 1. The highest BCUT2D eigenvalue weighted by molar-refractivity contribution is 7.88. The van der Waals surface area contributed by atoms with Gasteiger partial charge in [0.2, 0.25) is 10.0 Å². The Morgan fingerprint density at radius 3 is 1.91 bits per heavy atom. The molecule has 0 aromatic carbocycles. The molecule has 0 aromatic rings. The van der Waals surface area contributed by atoms with Crippen LogP contribution in [0.15, 0.2) is 0 Å². The second kappa shape index (κ2) is 3.08. The van der Waals surface area contributed by atoms with Gasteiger partial charge < -0.3 is 4.90 Å². The third-order valence-corrected chi connectivity index (χ3v) is 3.23. The second-order valence-corrected chi connectivity index (χ2v) is 4.95. The average molecular weight is 178 g/mol. The Labute approximate surface area is 67.8 Å². The highest BCUT2D eigenvalue weighted by Crippen LogP contribution is 2.03. The maximum absolute atomic E-state index is 11.0. The van der Waals surface area contributed by atoms with E-state index in [-0.39, 0.29) is 0 Å². The molecule has 0 aliphatic carbocycles. The summed E-state index contributed by atoms with van der Waals surface area (Å²) in [5, 5.41) is 0. The van der Waals surface area contributed by atoms with Gasteiger partial charge in [-0.2, -0.15) is 4.31 Å². The van der Waals surface area contributed by atoms with Gasteiger partial charge in [-0.25, -0.2) is 8.42 Å². The molecule has 0 unspecified atom stereocenters. The Bertz CT molecular complexity index is 217. The summed E-state index contributed by atoms with van der Waals surface area (Å²) in [6.45, 7) is 2.95. The highest BCUT2D eigenvalue weighted by atomic mass is 32.2. The van der Waals surface area contributed by atoms with E-state index in [1.807, 2.05) is 7.05 Å². The van der Waals surface area contributed by atoms with Crippen molar-refractivity contribution in [1.29, 1.82) is 0 Å². The molecule has 0 bridgehead atoms. The van der Waals surface area contributed by atoms with Crippen LogP contribution in [-0.2, 0) is 10.0 Å². The predicted octanol–water partition coefficient (Wildman–Crippen LogP) is -0.807. The van der Waals surface area contributed by atoms with Crippen molar-refractivity contribution in [3.63, 3.8) is 0 Å². The molecule has 66 valence electrons. The Morgan fingerprint density at radius 2 is 1.55 bits per heavy atom. The van der Waals surface area contributed by atoms with Gasteiger partial charge in [-0.1, -0.05) is 0 Å². The van der Waals surface area contributed by atoms with Gasteiger partial charge in [0.25, 0.3) is 0 Å². The minimum atomic E-state index is -2.94. The summed E-state index contributed by atoms with van der Waals surface area (Å²) < 4.78 is 23.5. The van der Waals surface area contributed by atoms with E-state index in [4.69, 9.17) is 0 Å². The summed E-state index contributed by atoms with van der Waals surface area (Å²) in [6.07, 6.45) is 1.26. The molecule has 4 nitrogen and oxygen atoms in total. The van der Waals surface area contributed by atoms with Gasteiger partial charge in [-0.15, -0.1) is 0 Å². The lowest BCUT2D eigenvalue weighted by Gasteiger charge is -2.30. The lowest BCUT2D eigenvalue weighted by atomic mass is 10.4. The first kappa shape index (κ1) is 8.96. The second-order valence-electron chi connectivity index (χ2n) is 2.97. The Balaban J connectivity index is 2.53. The van der Waals surface area contributed by atoms with Gasteiger partial charge in [0.15, 0.2) is 0 Å². The zero-order valence-electron chi connectivity index (χ0n) is 6.95. The topological polar surface area (TPSA) is 40.6 Å². The van der Waals surface area contributed by atoms with Crippen LogP contribution in [0.3, 0.4) is 0 Å². The van der Waals surface area contributed by atoms with Gasteiger partial charge in [-0.3, -0.25) is 0 Å². The number of hydrogen-bond acceptors (Lipinski definition) is 3. The first-order valence-corrected chi connectivity index (χ1v) is 5.48. The van der Waals surface area contributed by atoms with E-state index in [2.05, 4.69) is 4.90 Å². The average Bonchev–Trinajstić information content (AvgIpc) is 1.86. The van der Waals surface area contributed by atoms with Crippen molar-refractivity contribution in [2.75, 3.05) is 39.5 Å². The normalized spacial score (nSPS) is 23.8. The first-order chi connectivity index (χ1) is 5.00. The zero-order chi connectivity index (χ0) is 8.48. The summed E-state index contributed by atoms with van der Waals surface area (Å²) in [6, 6.07) is 0. The van der Waals surface area contributed by atoms with E-state index in [0.29, 0.717) is 13.1 Å². The molecule has 1 fully saturated rings. The van der Waals surface area contributed by atoms with Crippen molar-refractivity contribution >= 4 is 10.0 Å². The maximum Gasteiger partial charge on any atom is 0.211 e. The summed E-state index contributed by atoms with van der Waals surface area (Å²) in [5.41, 5.74) is 0. The smallest absolute Gasteiger partial charge is 0.211 e. The van der Waals surface area contributed by atoms with Crippen LogP contribution in [0.25, 0.3) is 0 Å². The van der Waals surface area contributed by atoms with E-state index in [9.17, 15) is 8.42 Å². The van der Waals surface area contributed by atoms with Crippen molar-refractivity contribution in [3.05, 3.63) is 0 Å². The number of sulfonamides is 1. The Kier molecular flexibility index (Phi) is 2.51. The van der Waals surface area contributed by atoms with Gasteiger partial charge >= 0.3 is 0 Å². The monoisotopic (exact) mass is 178 g/mol. The molecule has 5 heteroatoms. The number of likely N-dealkylation sites (N-methyl/N-ethyl adjacent to an activating group) is 1. The quantitative estimate of drug-likeness (QED) is 0.527. The molecule has 0 spiro atoms. The molecule has 0 atom stereocenters. The largest absolute Gasteiger partial charge is 0.304 e. The standard InChI is InChI=1S/C6H14N2O2S/c1-7-3-5-8(6-4-7)11(2,9)10/h3-6H2,1-2H3. The fraction of sp³-hybridized carbons (Fsp3) is 1.00. The maximum atomic E-state index is 11.0. The van der Waals surface area contributed by atoms with Crippen LogP contribution in [0.4, 0.5) is 0 Å². The van der Waals surface area contributed by atoms with E-state index in [0.717, 1.165) is 13.1 Å². The van der Waals surface area contributed by atoms with Crippen molar-refractivity contribution in [3.8, 4) is 0 Å². The minimum absolute atomic E-state index is 0.634. The van der Waals surface area contributed by atoms with Crippen LogP contribution in [0.2, 0.25) is 0 Å². The molecular weight excluding hydrogens is 164 g/mol. The minimum Gasteiger partial charge on any atom is -0.304 e. The van der Waals surface area contributed by atoms with Gasteiger partial charge in [-0.05, 0) is 7.05 Å². The lowest BCUT2D eigenvalue weighted by molar-refractivity contribution is 0.223. The molecule has 0 aromatic heterocycles. The van der Waals surface area contributed by atoms with E-state index in [1.165, 1.54) is 10.6 Å². The molecule has 1 aliphatic heterocycles. The summed E-state index contributed by atoms with van der Waals surface area (Å²) >= 11 is 0. The van der Waals surface area contributed by atoms with Crippen LogP contribution < -0.4 is 0 Å². The zero-order valence-corrected chi connectivity index (χ0v) is 7.76. The third-order valence-electron chi connectivity index (χ3n) is 1.93. The molecule has 1 heterocycles. The van der Waals surface area contributed by atoms with E-state index < -0.39 is 10.0 Å². The fourth-order valence-electron chi connectivity index (χ4n) is 1.12. The predicted molar refractivity (Wildman–Crippen MR) is 43.9 cm³/mol. The summed E-state index contributed by atoms with van der Waals surface area (Å²) in [5.74, 6) is 0. The molecule has 0 N–H and O–H groups in total. The molecular formula is C6H14N2O2S. The molecule has 0 radical (unpaired) electrons. The number of rotatable bonds is 1. The molecule has 11 heavy (non-hydrogen) atoms. The lowest BCUT2D eigenvalue weighted by Crippen LogP contribution is -2.46. The van der Waals surface area contributed by atoms with Gasteiger partial charge in [0, 0.05) is 26.2 Å². The number of hydrogen-bond donors (Lipinski definition) is 0. The Morgan fingerprint density at radius 1 is 1.09 bits per heavy atom. The molecule has 1 saturated heterocycles. The van der Waals surface area contributed by atoms with E-state index in [1.54, 1.807) is 0 Å². The molecule has 0 amide bonds. The van der Waals surface area contributed by atoms with Crippen LogP contribution >= 0.6 is 0 Å². The van der Waals surface area contributed by atoms with Crippen molar-refractivity contribution in [2.45, 2.75) is 0 Å². The summed E-state index contributed by atoms with van der Waals surface area (Å²) in [4.78, 5) is 2.13. The number of nitrogens with zero attached hydrogens (tertiary/aromatic N) is 2. The van der Waals surface area contributed by atoms with Crippen LogP contribution in [0.1, 0.15) is 0 Å². The van der Waals surface area contributed by atoms with Crippen molar-refractivity contribution in [1.82, 2.24) is 9.21 Å². The first-order valence-electron chi connectivity index (χ1n) is 3.64. The molecule has 1 rings (SSSR count). The van der Waals surface area contributed by atoms with Crippen molar-refractivity contribution < 1.29 is 8.42 Å². The summed E-state index contributed by atoms with van der Waals surface area (Å²) in [7, 11) is -0.943. The van der Waals surface area contributed by atoms with Crippen LogP contribution in [-0.4, -0.2) is 57.1 Å². The highest BCUT2D eigenvalue weighted by Gasteiger charge is 2.20. The Hall–Kier alpha value is -0.130. The van der Waals surface area contributed by atoms with Gasteiger partial charge in [0.05, 0.1) is 6.26 Å². The fourth-order valence-corrected chi connectivity index (χ4v) is 1.95. The molecule has 1 aliphatic rings. The SMILES string of the molecule is CN1CCN(S(C)(=O)=O)CC1. The van der Waals surface area contributed by atoms with Gasteiger partial charge in [0.1, 0.15) is 0 Å². The van der Waals surface area contributed by atoms with E-state index >= 15 is 0 Å².